The van der Waals surface area contributed by atoms with Gasteiger partial charge >= 0.3 is 0 Å². The van der Waals surface area contributed by atoms with Crippen molar-refractivity contribution in [1.29, 1.82) is 0 Å². The van der Waals surface area contributed by atoms with Gasteiger partial charge in [0.1, 0.15) is 11.8 Å². The number of benzene rings is 3. The van der Waals surface area contributed by atoms with E-state index in [0.717, 1.165) is 16.7 Å². The van der Waals surface area contributed by atoms with E-state index in [1.165, 1.54) is 18.2 Å². The maximum absolute atomic E-state index is 13.2. The number of anilines is 1. The molecule has 0 aromatic heterocycles. The van der Waals surface area contributed by atoms with E-state index in [1.54, 1.807) is 0 Å². The molecule has 2 N–H and O–H groups in total. The molecule has 8 heteroatoms. The Balaban J connectivity index is 1.89. The van der Waals surface area contributed by atoms with Crippen LogP contribution in [0.15, 0.2) is 71.6 Å². The van der Waals surface area contributed by atoms with Gasteiger partial charge in [0.25, 0.3) is 0 Å². The molecule has 0 saturated heterocycles. The van der Waals surface area contributed by atoms with Crippen LogP contribution in [0.1, 0.15) is 23.6 Å². The van der Waals surface area contributed by atoms with Gasteiger partial charge in [-0.3, -0.25) is 4.79 Å². The third-order valence-electron chi connectivity index (χ3n) is 5.06. The first-order valence-electron chi connectivity index (χ1n) is 10.6. The number of rotatable bonds is 9. The molecule has 6 nitrogen and oxygen atoms in total. The minimum Gasteiger partial charge on any atom is -0.492 e. The second kappa shape index (κ2) is 10.8. The van der Waals surface area contributed by atoms with Gasteiger partial charge in [0.2, 0.25) is 15.9 Å². The number of hydrogen-bond donors (Lipinski definition) is 2. The van der Waals surface area contributed by atoms with Crippen LogP contribution in [0.5, 0.6) is 5.75 Å². The zero-order valence-corrected chi connectivity index (χ0v) is 20.3. The van der Waals surface area contributed by atoms with Gasteiger partial charge < -0.3 is 10.1 Å². The van der Waals surface area contributed by atoms with E-state index in [-0.39, 0.29) is 16.3 Å². The molecule has 0 spiro atoms. The summed E-state index contributed by atoms with van der Waals surface area (Å²) < 4.78 is 34.2. The molecule has 0 aliphatic heterocycles. The summed E-state index contributed by atoms with van der Waals surface area (Å²) in [5.74, 6) is -0.0558. The largest absolute Gasteiger partial charge is 0.492 e. The summed E-state index contributed by atoms with van der Waals surface area (Å²) in [6, 6.07) is 18.1. The van der Waals surface area contributed by atoms with Crippen LogP contribution in [0.2, 0.25) is 5.02 Å². The number of halogens is 1. The lowest BCUT2D eigenvalue weighted by Crippen LogP contribution is -2.45. The van der Waals surface area contributed by atoms with Gasteiger partial charge in [-0.15, -0.1) is 0 Å². The number of hydrogen-bond acceptors (Lipinski definition) is 4. The Bertz CT molecular complexity index is 1230. The van der Waals surface area contributed by atoms with Crippen LogP contribution < -0.4 is 14.8 Å². The van der Waals surface area contributed by atoms with Gasteiger partial charge in [-0.2, -0.15) is 4.72 Å². The third-order valence-corrected chi connectivity index (χ3v) is 6.83. The summed E-state index contributed by atoms with van der Waals surface area (Å²) in [6.45, 7) is 6.02. The quantitative estimate of drug-likeness (QED) is 0.451. The zero-order valence-electron chi connectivity index (χ0n) is 18.8. The molecule has 0 aliphatic carbocycles. The Morgan fingerprint density at radius 1 is 1.03 bits per heavy atom. The smallest absolute Gasteiger partial charge is 0.242 e. The van der Waals surface area contributed by atoms with Gasteiger partial charge in [0.05, 0.1) is 16.5 Å². The number of amides is 1. The fraction of sp³-hybridized carbons (Fsp3) is 0.240. The average Bonchev–Trinajstić information content (AvgIpc) is 2.78. The summed E-state index contributed by atoms with van der Waals surface area (Å²) in [4.78, 5) is 13.2. The molecule has 3 aromatic rings. The highest BCUT2D eigenvalue weighted by Gasteiger charge is 2.27. The van der Waals surface area contributed by atoms with Crippen molar-refractivity contribution in [2.75, 3.05) is 11.9 Å². The van der Waals surface area contributed by atoms with Crippen molar-refractivity contribution < 1.29 is 17.9 Å². The lowest BCUT2D eigenvalue weighted by molar-refractivity contribution is -0.117. The van der Waals surface area contributed by atoms with E-state index in [2.05, 4.69) is 10.0 Å². The monoisotopic (exact) mass is 486 g/mol. The lowest BCUT2D eigenvalue weighted by Gasteiger charge is -2.20. The minimum atomic E-state index is -4.04. The maximum Gasteiger partial charge on any atom is 0.242 e. The molecule has 1 unspecified atom stereocenters. The summed E-state index contributed by atoms with van der Waals surface area (Å²) in [5.41, 5.74) is 3.33. The first-order chi connectivity index (χ1) is 15.7. The zero-order chi connectivity index (χ0) is 24.0. The first kappa shape index (κ1) is 24.8. The predicted octanol–water partition coefficient (Wildman–Crippen LogP) is 4.88. The summed E-state index contributed by atoms with van der Waals surface area (Å²) in [5, 5.41) is 3.05. The van der Waals surface area contributed by atoms with E-state index in [4.69, 9.17) is 16.3 Å². The van der Waals surface area contributed by atoms with Crippen LogP contribution in [0, 0.1) is 13.8 Å². The van der Waals surface area contributed by atoms with E-state index < -0.39 is 22.0 Å². The van der Waals surface area contributed by atoms with E-state index >= 15 is 0 Å². The Morgan fingerprint density at radius 3 is 2.42 bits per heavy atom. The fourth-order valence-electron chi connectivity index (χ4n) is 3.30. The number of nitrogens with one attached hydrogen (secondary N) is 2. The molecule has 0 heterocycles. The maximum atomic E-state index is 13.2. The van der Waals surface area contributed by atoms with Crippen molar-refractivity contribution >= 4 is 33.2 Å². The molecule has 0 fully saturated rings. The summed E-state index contributed by atoms with van der Waals surface area (Å²) in [7, 11) is -4.04. The molecule has 0 radical (unpaired) electrons. The molecule has 3 rings (SSSR count). The van der Waals surface area contributed by atoms with Crippen molar-refractivity contribution in [3.63, 3.8) is 0 Å². The molecule has 1 amide bonds. The normalized spacial score (nSPS) is 12.2. The van der Waals surface area contributed by atoms with Crippen molar-refractivity contribution in [3.05, 3.63) is 88.4 Å². The lowest BCUT2D eigenvalue weighted by atomic mass is 10.1. The van der Waals surface area contributed by atoms with Crippen LogP contribution in [-0.4, -0.2) is 27.0 Å². The number of aryl methyl sites for hydroxylation is 2. The number of carbonyl (C=O) groups excluding carboxylic acids is 1. The number of sulfonamides is 1. The highest BCUT2D eigenvalue weighted by atomic mass is 35.5. The second-order valence-electron chi connectivity index (χ2n) is 7.70. The van der Waals surface area contributed by atoms with Crippen LogP contribution in [-0.2, 0) is 21.2 Å². The summed E-state index contributed by atoms with van der Waals surface area (Å²) >= 11 is 6.19. The Labute approximate surface area is 200 Å². The van der Waals surface area contributed by atoms with Gasteiger partial charge in [0, 0.05) is 5.69 Å². The topological polar surface area (TPSA) is 84.5 Å². The van der Waals surface area contributed by atoms with E-state index in [0.29, 0.717) is 18.0 Å². The molecule has 174 valence electrons. The van der Waals surface area contributed by atoms with Crippen LogP contribution >= 0.6 is 11.6 Å². The predicted molar refractivity (Wildman–Crippen MR) is 131 cm³/mol. The van der Waals surface area contributed by atoms with E-state index in [1.807, 2.05) is 69.3 Å². The molecule has 33 heavy (non-hydrogen) atoms. The molecular formula is C25H27ClN2O4S. The van der Waals surface area contributed by atoms with Crippen molar-refractivity contribution in [1.82, 2.24) is 4.72 Å². The van der Waals surface area contributed by atoms with Crippen molar-refractivity contribution in [3.8, 4) is 5.75 Å². The first-order valence-corrected chi connectivity index (χ1v) is 12.4. The highest BCUT2D eigenvalue weighted by molar-refractivity contribution is 7.89. The second-order valence-corrected chi connectivity index (χ2v) is 9.82. The Hall–Kier alpha value is -2.87. The van der Waals surface area contributed by atoms with Gasteiger partial charge in [-0.05, 0) is 68.1 Å². The molecule has 0 bridgehead atoms. The molecule has 0 saturated carbocycles. The van der Waals surface area contributed by atoms with Gasteiger partial charge in [0.15, 0.2) is 0 Å². The SMILES string of the molecule is CCOc1ccc(S(=O)(=O)NC(Cc2ccccc2)C(=O)Nc2cc(C)ccc2C)cc1Cl. The molecule has 3 aromatic carbocycles. The van der Waals surface area contributed by atoms with Crippen molar-refractivity contribution in [2.45, 2.75) is 38.1 Å². The molecular weight excluding hydrogens is 460 g/mol. The molecule has 1 atom stereocenters. The van der Waals surface area contributed by atoms with Gasteiger partial charge in [-0.1, -0.05) is 54.1 Å². The summed E-state index contributed by atoms with van der Waals surface area (Å²) in [6.07, 6.45) is 0.182. The van der Waals surface area contributed by atoms with Crippen molar-refractivity contribution in [2.24, 2.45) is 0 Å². The number of carbonyl (C=O) groups is 1. The van der Waals surface area contributed by atoms with Crippen LogP contribution in [0.3, 0.4) is 0 Å². The Kier molecular flexibility index (Phi) is 8.13. The standard InChI is InChI=1S/C25H27ClN2O4S/c1-4-32-24-13-12-20(16-21(24)26)33(30,31)28-23(15-19-8-6-5-7-9-19)25(29)27-22-14-17(2)10-11-18(22)3/h5-14,16,23,28H,4,15H2,1-3H3,(H,27,29). The van der Waals surface area contributed by atoms with Crippen LogP contribution in [0.25, 0.3) is 0 Å². The fourth-order valence-corrected chi connectivity index (χ4v) is 4.83. The average molecular weight is 487 g/mol. The minimum absolute atomic E-state index is 0.0476. The van der Waals surface area contributed by atoms with E-state index in [9.17, 15) is 13.2 Å². The Morgan fingerprint density at radius 2 is 1.76 bits per heavy atom. The van der Waals surface area contributed by atoms with Gasteiger partial charge in [-0.25, -0.2) is 8.42 Å². The third kappa shape index (κ3) is 6.57. The number of ether oxygens (including phenoxy) is 1. The highest BCUT2D eigenvalue weighted by Crippen LogP contribution is 2.27. The van der Waals surface area contributed by atoms with Crippen LogP contribution in [0.4, 0.5) is 5.69 Å². The molecule has 0 aliphatic rings.